The summed E-state index contributed by atoms with van der Waals surface area (Å²) in [6.45, 7) is 0. The van der Waals surface area contributed by atoms with E-state index in [9.17, 15) is 0 Å². The van der Waals surface area contributed by atoms with Crippen molar-refractivity contribution in [3.05, 3.63) is 158 Å². The fourth-order valence-corrected chi connectivity index (χ4v) is 5.85. The lowest BCUT2D eigenvalue weighted by Gasteiger charge is -2.14. The van der Waals surface area contributed by atoms with Gasteiger partial charge in [0.2, 0.25) is 0 Å². The lowest BCUT2D eigenvalue weighted by Crippen LogP contribution is -2.00. The molecule has 0 fully saturated rings. The van der Waals surface area contributed by atoms with Crippen LogP contribution in [0.1, 0.15) is 0 Å². The number of benzene rings is 6. The van der Waals surface area contributed by atoms with E-state index in [-0.39, 0.29) is 0 Å². The van der Waals surface area contributed by atoms with E-state index in [1.807, 2.05) is 53.2 Å². The molecule has 0 radical (unpaired) electrons. The van der Waals surface area contributed by atoms with Crippen molar-refractivity contribution in [2.75, 3.05) is 0 Å². The number of hydrogen-bond acceptors (Lipinski definition) is 2. The van der Waals surface area contributed by atoms with Gasteiger partial charge in [-0.25, -0.2) is 9.67 Å². The summed E-state index contributed by atoms with van der Waals surface area (Å²) in [5.41, 5.74) is 8.83. The molecule has 0 bridgehead atoms. The number of nitrogens with zero attached hydrogens (tertiary/aromatic N) is 4. The van der Waals surface area contributed by atoms with Gasteiger partial charge in [0.05, 0.1) is 22.4 Å². The van der Waals surface area contributed by atoms with Gasteiger partial charge in [-0.2, -0.15) is 0 Å². The van der Waals surface area contributed by atoms with Gasteiger partial charge in [-0.05, 0) is 35.9 Å². The van der Waals surface area contributed by atoms with Crippen molar-refractivity contribution in [3.8, 4) is 45.3 Å². The van der Waals surface area contributed by atoms with E-state index in [0.717, 1.165) is 33.9 Å². The number of rotatable bonds is 5. The molecule has 0 aliphatic heterocycles. The fourth-order valence-electron chi connectivity index (χ4n) is 5.85. The number of aromatic nitrogens is 4. The SMILES string of the molecule is c1ccc(-c2nc(-c3ccccc3)n(-c3ccc(-c4ccccc4-n4c5ccccc5c5ccccc54)cc3)n2)cc1. The summed E-state index contributed by atoms with van der Waals surface area (Å²) in [4.78, 5) is 4.96. The van der Waals surface area contributed by atoms with Crippen molar-refractivity contribution < 1.29 is 0 Å². The summed E-state index contributed by atoms with van der Waals surface area (Å²) in [5.74, 6) is 1.52. The third-order valence-electron chi connectivity index (χ3n) is 7.82. The van der Waals surface area contributed by atoms with E-state index in [4.69, 9.17) is 10.1 Å². The molecule has 4 heteroatoms. The smallest absolute Gasteiger partial charge is 0.182 e. The van der Waals surface area contributed by atoms with Gasteiger partial charge in [0, 0.05) is 27.5 Å². The van der Waals surface area contributed by atoms with Crippen LogP contribution in [0.5, 0.6) is 0 Å². The van der Waals surface area contributed by atoms with Gasteiger partial charge in [0.1, 0.15) is 0 Å². The number of para-hydroxylation sites is 3. The van der Waals surface area contributed by atoms with Gasteiger partial charge in [-0.3, -0.25) is 0 Å². The van der Waals surface area contributed by atoms with Crippen LogP contribution in [0.15, 0.2) is 158 Å². The van der Waals surface area contributed by atoms with Crippen LogP contribution < -0.4 is 0 Å². The predicted molar refractivity (Wildman–Crippen MR) is 172 cm³/mol. The van der Waals surface area contributed by atoms with E-state index in [1.165, 1.54) is 27.4 Å². The minimum atomic E-state index is 0.704. The van der Waals surface area contributed by atoms with Crippen LogP contribution in [0.2, 0.25) is 0 Å². The molecule has 6 aromatic carbocycles. The molecule has 0 unspecified atom stereocenters. The molecule has 4 nitrogen and oxygen atoms in total. The molecule has 198 valence electrons. The third-order valence-corrected chi connectivity index (χ3v) is 7.82. The Bertz CT molecular complexity index is 2120. The minimum absolute atomic E-state index is 0.704. The Labute approximate surface area is 243 Å². The summed E-state index contributed by atoms with van der Waals surface area (Å²) in [7, 11) is 0. The zero-order chi connectivity index (χ0) is 27.9. The highest BCUT2D eigenvalue weighted by Crippen LogP contribution is 2.36. The van der Waals surface area contributed by atoms with Crippen LogP contribution in [0.3, 0.4) is 0 Å². The maximum Gasteiger partial charge on any atom is 0.182 e. The highest BCUT2D eigenvalue weighted by Gasteiger charge is 2.17. The minimum Gasteiger partial charge on any atom is -0.309 e. The van der Waals surface area contributed by atoms with E-state index in [1.54, 1.807) is 0 Å². The van der Waals surface area contributed by atoms with Crippen LogP contribution in [0, 0.1) is 0 Å². The second kappa shape index (κ2) is 10.0. The van der Waals surface area contributed by atoms with Gasteiger partial charge >= 0.3 is 0 Å². The van der Waals surface area contributed by atoms with Crippen LogP contribution in [0.25, 0.3) is 67.1 Å². The number of hydrogen-bond donors (Lipinski definition) is 0. The Hall–Kier alpha value is -5.74. The van der Waals surface area contributed by atoms with Crippen molar-refractivity contribution in [1.82, 2.24) is 19.3 Å². The van der Waals surface area contributed by atoms with Gasteiger partial charge in [0.15, 0.2) is 11.6 Å². The molecule has 0 amide bonds. The Kier molecular flexibility index (Phi) is 5.75. The maximum atomic E-state index is 4.96. The summed E-state index contributed by atoms with van der Waals surface area (Å²) < 4.78 is 4.32. The first-order valence-electron chi connectivity index (χ1n) is 14.1. The highest BCUT2D eigenvalue weighted by molar-refractivity contribution is 6.09. The fraction of sp³-hybridized carbons (Fsp3) is 0. The van der Waals surface area contributed by atoms with Gasteiger partial charge < -0.3 is 4.57 Å². The molecular formula is C38H26N4. The normalized spacial score (nSPS) is 11.3. The Morgan fingerprint density at radius 2 is 0.976 bits per heavy atom. The lowest BCUT2D eigenvalue weighted by molar-refractivity contribution is 0.890. The van der Waals surface area contributed by atoms with E-state index < -0.39 is 0 Å². The van der Waals surface area contributed by atoms with E-state index in [0.29, 0.717) is 5.82 Å². The molecule has 0 aliphatic carbocycles. The lowest BCUT2D eigenvalue weighted by atomic mass is 10.0. The van der Waals surface area contributed by atoms with Crippen molar-refractivity contribution in [2.45, 2.75) is 0 Å². The second-order valence-corrected chi connectivity index (χ2v) is 10.3. The van der Waals surface area contributed by atoms with Gasteiger partial charge in [-0.1, -0.05) is 127 Å². The first-order valence-corrected chi connectivity index (χ1v) is 14.1. The Morgan fingerprint density at radius 3 is 1.64 bits per heavy atom. The highest BCUT2D eigenvalue weighted by atomic mass is 15.4. The van der Waals surface area contributed by atoms with Crippen molar-refractivity contribution in [2.24, 2.45) is 0 Å². The summed E-state index contributed by atoms with van der Waals surface area (Å²) in [5, 5.41) is 7.47. The Balaban J connectivity index is 1.26. The second-order valence-electron chi connectivity index (χ2n) is 10.3. The zero-order valence-corrected chi connectivity index (χ0v) is 22.8. The van der Waals surface area contributed by atoms with Crippen molar-refractivity contribution in [1.29, 1.82) is 0 Å². The van der Waals surface area contributed by atoms with Crippen molar-refractivity contribution >= 4 is 21.8 Å². The largest absolute Gasteiger partial charge is 0.309 e. The summed E-state index contributed by atoms with van der Waals surface area (Å²) in [6.07, 6.45) is 0. The van der Waals surface area contributed by atoms with Crippen LogP contribution in [0.4, 0.5) is 0 Å². The monoisotopic (exact) mass is 538 g/mol. The Morgan fingerprint density at radius 1 is 0.429 bits per heavy atom. The molecule has 2 heterocycles. The molecular weight excluding hydrogens is 512 g/mol. The van der Waals surface area contributed by atoms with E-state index in [2.05, 4.69) is 114 Å². The quantitative estimate of drug-likeness (QED) is 0.219. The van der Waals surface area contributed by atoms with E-state index >= 15 is 0 Å². The topological polar surface area (TPSA) is 35.6 Å². The molecule has 0 N–H and O–H groups in total. The molecule has 0 saturated carbocycles. The maximum absolute atomic E-state index is 4.96. The number of fused-ring (bicyclic) bond motifs is 3. The first kappa shape index (κ1) is 24.1. The summed E-state index contributed by atoms with van der Waals surface area (Å²) in [6, 6.07) is 54.9. The molecule has 0 atom stereocenters. The molecule has 8 aromatic rings. The molecule has 0 aliphatic rings. The molecule has 8 rings (SSSR count). The van der Waals surface area contributed by atoms with Gasteiger partial charge in [-0.15, -0.1) is 5.10 Å². The first-order chi connectivity index (χ1) is 20.8. The summed E-state index contributed by atoms with van der Waals surface area (Å²) >= 11 is 0. The van der Waals surface area contributed by atoms with Crippen molar-refractivity contribution in [3.63, 3.8) is 0 Å². The predicted octanol–water partition coefficient (Wildman–Crippen LogP) is 9.37. The third kappa shape index (κ3) is 4.01. The zero-order valence-electron chi connectivity index (χ0n) is 22.8. The standard InChI is InChI=1S/C38H26N4/c1-3-13-28(14-4-1)37-39-38(29-15-5-2-6-16-29)42(40-37)30-25-23-27(24-26-30)31-17-7-10-20-34(31)41-35-21-11-8-18-32(35)33-19-9-12-22-36(33)41/h1-26H. The van der Waals surface area contributed by atoms with Crippen LogP contribution in [-0.2, 0) is 0 Å². The average molecular weight is 539 g/mol. The molecule has 2 aromatic heterocycles. The van der Waals surface area contributed by atoms with Crippen LogP contribution in [-0.4, -0.2) is 19.3 Å². The molecule has 0 spiro atoms. The van der Waals surface area contributed by atoms with Crippen LogP contribution >= 0.6 is 0 Å². The molecule has 42 heavy (non-hydrogen) atoms. The average Bonchev–Trinajstić information content (AvgIpc) is 3.66. The molecule has 0 saturated heterocycles. The van der Waals surface area contributed by atoms with Gasteiger partial charge in [0.25, 0.3) is 0 Å².